The molecule has 0 aromatic heterocycles. The van der Waals surface area contributed by atoms with Crippen molar-refractivity contribution in [2.45, 2.75) is 13.1 Å². The van der Waals surface area contributed by atoms with Gasteiger partial charge in [-0.2, -0.15) is 0 Å². The highest BCUT2D eigenvalue weighted by molar-refractivity contribution is 14.0. The Labute approximate surface area is 185 Å². The Balaban J connectivity index is 0.00000364. The van der Waals surface area contributed by atoms with Crippen LogP contribution in [0.5, 0.6) is 17.2 Å². The van der Waals surface area contributed by atoms with Crippen molar-refractivity contribution in [1.82, 2.24) is 10.6 Å². The van der Waals surface area contributed by atoms with Crippen LogP contribution < -0.4 is 24.8 Å². The van der Waals surface area contributed by atoms with Gasteiger partial charge >= 0.3 is 0 Å². The first-order chi connectivity index (χ1) is 12.6. The lowest BCUT2D eigenvalue weighted by Gasteiger charge is -2.15. The minimum absolute atomic E-state index is 0. The highest BCUT2D eigenvalue weighted by atomic mass is 127. The molecule has 8 heteroatoms. The average molecular weight is 550 g/mol. The van der Waals surface area contributed by atoms with Gasteiger partial charge in [-0.15, -0.1) is 24.0 Å². The first-order valence-corrected chi connectivity index (χ1v) is 8.88. The van der Waals surface area contributed by atoms with Crippen LogP contribution in [0.15, 0.2) is 45.9 Å². The van der Waals surface area contributed by atoms with Gasteiger partial charge in [0.25, 0.3) is 0 Å². The maximum absolute atomic E-state index is 5.38. The van der Waals surface area contributed by atoms with Crippen LogP contribution in [0, 0.1) is 0 Å². The summed E-state index contributed by atoms with van der Waals surface area (Å²) in [5, 5.41) is 6.58. The molecule has 0 aliphatic heterocycles. The maximum Gasteiger partial charge on any atom is 0.191 e. The molecule has 27 heavy (non-hydrogen) atoms. The summed E-state index contributed by atoms with van der Waals surface area (Å²) in [4.78, 5) is 4.26. The minimum atomic E-state index is 0. The van der Waals surface area contributed by atoms with Gasteiger partial charge in [0.1, 0.15) is 5.75 Å². The zero-order valence-corrected chi connectivity index (χ0v) is 19.8. The number of guanidine groups is 1. The summed E-state index contributed by atoms with van der Waals surface area (Å²) in [7, 11) is 6.64. The molecule has 0 heterocycles. The second kappa shape index (κ2) is 11.9. The predicted molar refractivity (Wildman–Crippen MR) is 123 cm³/mol. The maximum atomic E-state index is 5.38. The van der Waals surface area contributed by atoms with Crippen molar-refractivity contribution in [2.75, 3.05) is 28.4 Å². The van der Waals surface area contributed by atoms with Crippen LogP contribution in [0.2, 0.25) is 0 Å². The summed E-state index contributed by atoms with van der Waals surface area (Å²) in [6.07, 6.45) is 0. The Hall–Kier alpha value is -1.68. The van der Waals surface area contributed by atoms with Gasteiger partial charge in [0.2, 0.25) is 0 Å². The summed E-state index contributed by atoms with van der Waals surface area (Å²) in [6.45, 7) is 1.24. The molecule has 0 saturated carbocycles. The number of methoxy groups -OCH3 is 3. The Kier molecular flexibility index (Phi) is 10.3. The molecule has 0 amide bonds. The number of aliphatic imine (C=N–C) groups is 1. The van der Waals surface area contributed by atoms with Gasteiger partial charge in [-0.05, 0) is 51.3 Å². The lowest BCUT2D eigenvalue weighted by molar-refractivity contribution is 0.352. The second-order valence-electron chi connectivity index (χ2n) is 5.44. The van der Waals surface area contributed by atoms with Crippen molar-refractivity contribution in [3.8, 4) is 17.2 Å². The van der Waals surface area contributed by atoms with Crippen molar-refractivity contribution >= 4 is 45.9 Å². The van der Waals surface area contributed by atoms with E-state index in [2.05, 4.69) is 31.6 Å². The first kappa shape index (κ1) is 23.4. The van der Waals surface area contributed by atoms with E-state index in [-0.39, 0.29) is 24.0 Å². The highest BCUT2D eigenvalue weighted by Crippen LogP contribution is 2.36. The van der Waals surface area contributed by atoms with E-state index in [0.717, 1.165) is 21.3 Å². The Morgan fingerprint density at radius 3 is 2.26 bits per heavy atom. The predicted octanol–water partition coefficient (Wildman–Crippen LogP) is 3.96. The number of benzene rings is 2. The van der Waals surface area contributed by atoms with Crippen LogP contribution in [0.1, 0.15) is 11.1 Å². The normalized spacial score (nSPS) is 10.6. The van der Waals surface area contributed by atoms with Crippen LogP contribution in [0.4, 0.5) is 0 Å². The van der Waals surface area contributed by atoms with Gasteiger partial charge in [0.05, 0.1) is 25.8 Å². The molecule has 0 saturated heterocycles. The second-order valence-corrected chi connectivity index (χ2v) is 6.30. The van der Waals surface area contributed by atoms with Gasteiger partial charge in [0.15, 0.2) is 17.5 Å². The van der Waals surface area contributed by atoms with Gasteiger partial charge in [-0.1, -0.05) is 12.1 Å². The number of nitrogens with zero attached hydrogens (tertiary/aromatic N) is 1. The van der Waals surface area contributed by atoms with Crippen molar-refractivity contribution in [2.24, 2.45) is 4.99 Å². The van der Waals surface area contributed by atoms with Crippen LogP contribution >= 0.6 is 39.9 Å². The molecule has 0 radical (unpaired) electrons. The van der Waals surface area contributed by atoms with E-state index >= 15 is 0 Å². The van der Waals surface area contributed by atoms with Crippen LogP contribution in [-0.2, 0) is 13.1 Å². The first-order valence-electron chi connectivity index (χ1n) is 8.09. The zero-order valence-electron chi connectivity index (χ0n) is 15.8. The van der Waals surface area contributed by atoms with E-state index in [1.54, 1.807) is 28.4 Å². The van der Waals surface area contributed by atoms with E-state index in [0.29, 0.717) is 30.5 Å². The molecule has 2 N–H and O–H groups in total. The third-order valence-corrected chi connectivity index (χ3v) is 4.36. The third-order valence-electron chi connectivity index (χ3n) is 3.77. The van der Waals surface area contributed by atoms with Gasteiger partial charge in [-0.25, -0.2) is 0 Å². The summed E-state index contributed by atoms with van der Waals surface area (Å²) in [5.41, 5.74) is 2.15. The van der Waals surface area contributed by atoms with Crippen molar-refractivity contribution in [1.29, 1.82) is 0 Å². The summed E-state index contributed by atoms with van der Waals surface area (Å²) >= 11 is 3.51. The fourth-order valence-electron chi connectivity index (χ4n) is 2.45. The number of nitrogens with one attached hydrogen (secondary N) is 2. The fourth-order valence-corrected chi connectivity index (χ4v) is 3.10. The molecule has 2 aromatic rings. The quantitative estimate of drug-likeness (QED) is 0.311. The van der Waals surface area contributed by atoms with Gasteiger partial charge in [0, 0.05) is 20.1 Å². The SMILES string of the molecule is CN=C(NCc1cccc(OC)c1)NCc1cc(Br)c(OC)c(OC)c1.I. The molecule has 0 unspecified atom stereocenters. The molecule has 0 fully saturated rings. The molecule has 6 nitrogen and oxygen atoms in total. The van der Waals surface area contributed by atoms with E-state index < -0.39 is 0 Å². The Morgan fingerprint density at radius 2 is 1.67 bits per heavy atom. The number of ether oxygens (including phenoxy) is 3. The molecular weight excluding hydrogens is 525 g/mol. The van der Waals surface area contributed by atoms with E-state index in [4.69, 9.17) is 14.2 Å². The van der Waals surface area contributed by atoms with Crippen molar-refractivity contribution < 1.29 is 14.2 Å². The zero-order chi connectivity index (χ0) is 18.9. The molecule has 148 valence electrons. The Bertz CT molecular complexity index is 772. The van der Waals surface area contributed by atoms with Gasteiger partial charge in [-0.3, -0.25) is 4.99 Å². The summed E-state index contributed by atoms with van der Waals surface area (Å²) in [6, 6.07) is 11.8. The van der Waals surface area contributed by atoms with Crippen LogP contribution in [0.25, 0.3) is 0 Å². The topological polar surface area (TPSA) is 64.1 Å². The van der Waals surface area contributed by atoms with Crippen molar-refractivity contribution in [3.05, 3.63) is 52.0 Å². The molecule has 0 atom stereocenters. The molecule has 0 aliphatic carbocycles. The standard InChI is InChI=1S/C19H24BrN3O3.HI/c1-21-19(22-11-13-6-5-7-15(8-13)24-2)23-12-14-9-16(20)18(26-4)17(10-14)25-3;/h5-10H,11-12H2,1-4H3,(H2,21,22,23);1H. The van der Waals surface area contributed by atoms with E-state index in [1.807, 2.05) is 36.4 Å². The summed E-state index contributed by atoms with van der Waals surface area (Å²) < 4.78 is 16.8. The minimum Gasteiger partial charge on any atom is -0.497 e. The van der Waals surface area contributed by atoms with E-state index in [9.17, 15) is 0 Å². The molecular formula is C19H25BrIN3O3. The molecule has 2 rings (SSSR count). The van der Waals surface area contributed by atoms with Gasteiger partial charge < -0.3 is 24.8 Å². The highest BCUT2D eigenvalue weighted by Gasteiger charge is 2.10. The summed E-state index contributed by atoms with van der Waals surface area (Å²) in [5.74, 6) is 2.90. The Morgan fingerprint density at radius 1 is 0.963 bits per heavy atom. The monoisotopic (exact) mass is 549 g/mol. The third kappa shape index (κ3) is 6.76. The average Bonchev–Trinajstić information content (AvgIpc) is 2.67. The molecule has 0 bridgehead atoms. The van der Waals surface area contributed by atoms with Crippen LogP contribution in [0.3, 0.4) is 0 Å². The number of hydrogen-bond donors (Lipinski definition) is 2. The molecule has 0 spiro atoms. The van der Waals surface area contributed by atoms with Crippen molar-refractivity contribution in [3.63, 3.8) is 0 Å². The lowest BCUT2D eigenvalue weighted by atomic mass is 10.2. The number of hydrogen-bond acceptors (Lipinski definition) is 4. The fraction of sp³-hybridized carbons (Fsp3) is 0.316. The largest absolute Gasteiger partial charge is 0.497 e. The molecule has 0 aliphatic rings. The van der Waals surface area contributed by atoms with E-state index in [1.165, 1.54) is 0 Å². The number of halogens is 2. The smallest absolute Gasteiger partial charge is 0.191 e. The molecule has 2 aromatic carbocycles. The lowest BCUT2D eigenvalue weighted by Crippen LogP contribution is -2.36. The number of rotatable bonds is 7. The van der Waals surface area contributed by atoms with Crippen LogP contribution in [-0.4, -0.2) is 34.3 Å².